The van der Waals surface area contributed by atoms with Gasteiger partial charge in [0.15, 0.2) is 5.11 Å². The summed E-state index contributed by atoms with van der Waals surface area (Å²) in [5.41, 5.74) is 0.331. The molecule has 0 aromatic carbocycles. The van der Waals surface area contributed by atoms with Gasteiger partial charge in [0.05, 0.1) is 0 Å². The highest BCUT2D eigenvalue weighted by molar-refractivity contribution is 7.80. The molecular weight excluding hydrogens is 180 g/mol. The molecule has 1 aliphatic carbocycles. The van der Waals surface area contributed by atoms with Gasteiger partial charge in [-0.25, -0.2) is 0 Å². The van der Waals surface area contributed by atoms with E-state index in [0.717, 1.165) is 18.1 Å². The van der Waals surface area contributed by atoms with Crippen molar-refractivity contribution in [3.63, 3.8) is 0 Å². The second kappa shape index (κ2) is 4.80. The van der Waals surface area contributed by atoms with E-state index in [0.29, 0.717) is 5.54 Å². The zero-order valence-corrected chi connectivity index (χ0v) is 9.47. The highest BCUT2D eigenvalue weighted by Gasteiger charge is 2.35. The molecule has 0 aliphatic heterocycles. The second-order valence-corrected chi connectivity index (χ2v) is 4.28. The molecule has 1 fully saturated rings. The Morgan fingerprint density at radius 1 is 1.38 bits per heavy atom. The average molecular weight is 200 g/mol. The van der Waals surface area contributed by atoms with Gasteiger partial charge in [0.25, 0.3) is 0 Å². The zero-order valence-electron chi connectivity index (χ0n) is 8.65. The molecule has 3 heteroatoms. The Labute approximate surface area is 86.5 Å². The van der Waals surface area contributed by atoms with Crippen LogP contribution in [0.4, 0.5) is 0 Å². The molecule has 0 atom stereocenters. The van der Waals surface area contributed by atoms with Crippen molar-refractivity contribution in [2.24, 2.45) is 0 Å². The van der Waals surface area contributed by atoms with Crippen molar-refractivity contribution in [1.29, 1.82) is 0 Å². The van der Waals surface area contributed by atoms with E-state index in [1.165, 1.54) is 25.7 Å². The number of hydrogen-bond acceptors (Lipinski definition) is 1. The van der Waals surface area contributed by atoms with Crippen LogP contribution < -0.4 is 10.6 Å². The summed E-state index contributed by atoms with van der Waals surface area (Å²) in [6, 6.07) is 0. The Balaban J connectivity index is 2.25. The number of thiocarbonyl (C=S) groups is 1. The minimum atomic E-state index is 0.331. The summed E-state index contributed by atoms with van der Waals surface area (Å²) in [7, 11) is 0. The van der Waals surface area contributed by atoms with E-state index in [-0.39, 0.29) is 0 Å². The maximum Gasteiger partial charge on any atom is 0.166 e. The third kappa shape index (κ3) is 2.83. The van der Waals surface area contributed by atoms with Gasteiger partial charge in [0, 0.05) is 12.1 Å². The molecule has 0 aromatic heterocycles. The molecule has 1 rings (SSSR count). The molecule has 1 saturated carbocycles. The molecule has 1 aliphatic rings. The molecule has 0 spiro atoms. The van der Waals surface area contributed by atoms with Crippen molar-refractivity contribution in [2.75, 3.05) is 6.54 Å². The van der Waals surface area contributed by atoms with Gasteiger partial charge in [-0.2, -0.15) is 0 Å². The third-order valence-electron chi connectivity index (χ3n) is 2.90. The van der Waals surface area contributed by atoms with Crippen LogP contribution in [-0.2, 0) is 0 Å². The first-order valence-electron chi connectivity index (χ1n) is 5.28. The monoisotopic (exact) mass is 200 g/mol. The SMILES string of the molecule is CCCNC(=S)NC1(CC)CCC1. The van der Waals surface area contributed by atoms with Crippen molar-refractivity contribution >= 4 is 17.3 Å². The molecule has 0 aromatic rings. The molecule has 76 valence electrons. The minimum Gasteiger partial charge on any atom is -0.363 e. The largest absolute Gasteiger partial charge is 0.363 e. The lowest BCUT2D eigenvalue weighted by atomic mass is 9.75. The van der Waals surface area contributed by atoms with Crippen LogP contribution in [0.25, 0.3) is 0 Å². The summed E-state index contributed by atoms with van der Waals surface area (Å²) in [6.07, 6.45) is 6.20. The van der Waals surface area contributed by atoms with Gasteiger partial charge >= 0.3 is 0 Å². The van der Waals surface area contributed by atoms with E-state index in [1.54, 1.807) is 0 Å². The highest BCUT2D eigenvalue weighted by atomic mass is 32.1. The molecule has 0 radical (unpaired) electrons. The number of hydrogen-bond donors (Lipinski definition) is 2. The van der Waals surface area contributed by atoms with E-state index in [2.05, 4.69) is 24.5 Å². The molecule has 0 bridgehead atoms. The maximum atomic E-state index is 5.21. The maximum absolute atomic E-state index is 5.21. The van der Waals surface area contributed by atoms with E-state index in [1.807, 2.05) is 0 Å². The Hall–Kier alpha value is -0.310. The van der Waals surface area contributed by atoms with Crippen LogP contribution in [0.1, 0.15) is 46.0 Å². The summed E-state index contributed by atoms with van der Waals surface area (Å²) < 4.78 is 0. The smallest absolute Gasteiger partial charge is 0.166 e. The van der Waals surface area contributed by atoms with E-state index in [4.69, 9.17) is 12.2 Å². The van der Waals surface area contributed by atoms with Crippen molar-refractivity contribution < 1.29 is 0 Å². The average Bonchev–Trinajstić information content (AvgIpc) is 2.08. The van der Waals surface area contributed by atoms with Crippen LogP contribution in [0.3, 0.4) is 0 Å². The van der Waals surface area contributed by atoms with Gasteiger partial charge in [-0.1, -0.05) is 13.8 Å². The lowest BCUT2D eigenvalue weighted by molar-refractivity contribution is 0.209. The second-order valence-electron chi connectivity index (χ2n) is 3.87. The summed E-state index contributed by atoms with van der Waals surface area (Å²) in [5, 5.41) is 7.48. The Morgan fingerprint density at radius 2 is 2.08 bits per heavy atom. The Kier molecular flexibility index (Phi) is 3.97. The lowest BCUT2D eigenvalue weighted by Crippen LogP contribution is -2.55. The van der Waals surface area contributed by atoms with Crippen LogP contribution in [0.2, 0.25) is 0 Å². The van der Waals surface area contributed by atoms with Crippen molar-refractivity contribution in [3.8, 4) is 0 Å². The van der Waals surface area contributed by atoms with E-state index in [9.17, 15) is 0 Å². The van der Waals surface area contributed by atoms with Crippen LogP contribution in [-0.4, -0.2) is 17.2 Å². The van der Waals surface area contributed by atoms with Crippen molar-refractivity contribution in [2.45, 2.75) is 51.5 Å². The van der Waals surface area contributed by atoms with Gasteiger partial charge < -0.3 is 10.6 Å². The normalized spacial score (nSPS) is 18.9. The van der Waals surface area contributed by atoms with Gasteiger partial charge in [-0.3, -0.25) is 0 Å². The van der Waals surface area contributed by atoms with Crippen LogP contribution in [0.5, 0.6) is 0 Å². The number of rotatable bonds is 4. The van der Waals surface area contributed by atoms with Gasteiger partial charge in [0.1, 0.15) is 0 Å². The van der Waals surface area contributed by atoms with E-state index < -0.39 is 0 Å². The summed E-state index contributed by atoms with van der Waals surface area (Å²) in [5.74, 6) is 0. The first kappa shape index (κ1) is 10.8. The van der Waals surface area contributed by atoms with E-state index >= 15 is 0 Å². The van der Waals surface area contributed by atoms with Gasteiger partial charge in [-0.05, 0) is 44.3 Å². The summed E-state index contributed by atoms with van der Waals surface area (Å²) in [4.78, 5) is 0. The van der Waals surface area contributed by atoms with Crippen molar-refractivity contribution in [1.82, 2.24) is 10.6 Å². The topological polar surface area (TPSA) is 24.1 Å². The molecule has 0 unspecified atom stereocenters. The molecular formula is C10H20N2S. The summed E-state index contributed by atoms with van der Waals surface area (Å²) >= 11 is 5.21. The number of nitrogens with one attached hydrogen (secondary N) is 2. The molecule has 2 N–H and O–H groups in total. The Morgan fingerprint density at radius 3 is 2.46 bits per heavy atom. The standard InChI is InChI=1S/C10H20N2S/c1-3-8-11-9(13)12-10(4-2)6-5-7-10/h3-8H2,1-2H3,(H2,11,12,13). The fourth-order valence-corrected chi connectivity index (χ4v) is 2.01. The molecule has 13 heavy (non-hydrogen) atoms. The Bertz CT molecular complexity index is 170. The van der Waals surface area contributed by atoms with Gasteiger partial charge in [-0.15, -0.1) is 0 Å². The first-order valence-corrected chi connectivity index (χ1v) is 5.69. The first-order chi connectivity index (χ1) is 6.22. The van der Waals surface area contributed by atoms with Crippen LogP contribution in [0.15, 0.2) is 0 Å². The minimum absolute atomic E-state index is 0.331. The molecule has 0 amide bonds. The lowest BCUT2D eigenvalue weighted by Gasteiger charge is -2.42. The fraction of sp³-hybridized carbons (Fsp3) is 0.900. The van der Waals surface area contributed by atoms with Crippen molar-refractivity contribution in [3.05, 3.63) is 0 Å². The predicted octanol–water partition coefficient (Wildman–Crippen LogP) is 2.19. The molecule has 0 heterocycles. The predicted molar refractivity (Wildman–Crippen MR) is 60.9 cm³/mol. The van der Waals surface area contributed by atoms with Crippen LogP contribution in [0, 0.1) is 0 Å². The molecule has 0 saturated heterocycles. The third-order valence-corrected chi connectivity index (χ3v) is 3.15. The highest BCUT2D eigenvalue weighted by Crippen LogP contribution is 2.34. The zero-order chi connectivity index (χ0) is 9.73. The molecule has 2 nitrogen and oxygen atoms in total. The van der Waals surface area contributed by atoms with Crippen LogP contribution >= 0.6 is 12.2 Å². The quantitative estimate of drug-likeness (QED) is 0.680. The fourth-order valence-electron chi connectivity index (χ4n) is 1.69. The van der Waals surface area contributed by atoms with Gasteiger partial charge in [0.2, 0.25) is 0 Å². The summed E-state index contributed by atoms with van der Waals surface area (Å²) in [6.45, 7) is 5.36.